The molecule has 0 aliphatic rings. The Kier molecular flexibility index (Phi) is 7.90. The molecule has 0 saturated carbocycles. The number of hydrogen-bond donors (Lipinski definition) is 2. The van der Waals surface area contributed by atoms with Gasteiger partial charge < -0.3 is 15.4 Å². The number of esters is 1. The van der Waals surface area contributed by atoms with E-state index in [0.717, 1.165) is 30.2 Å². The van der Waals surface area contributed by atoms with Crippen LogP contribution in [-0.2, 0) is 4.74 Å². The van der Waals surface area contributed by atoms with E-state index < -0.39 is 22.5 Å². The second-order valence-electron chi connectivity index (χ2n) is 6.24. The molecule has 30 heavy (non-hydrogen) atoms. The van der Waals surface area contributed by atoms with Gasteiger partial charge >= 0.3 is 5.97 Å². The Labute approximate surface area is 181 Å². The van der Waals surface area contributed by atoms with Crippen LogP contribution in [0.1, 0.15) is 55.7 Å². The molecule has 160 valence electrons. The first-order chi connectivity index (χ1) is 14.2. The van der Waals surface area contributed by atoms with E-state index >= 15 is 0 Å². The predicted octanol–water partition coefficient (Wildman–Crippen LogP) is 4.19. The van der Waals surface area contributed by atoms with E-state index in [4.69, 9.17) is 16.3 Å². The Morgan fingerprint density at radius 2 is 1.97 bits per heavy atom. The zero-order valence-corrected chi connectivity index (χ0v) is 18.1. The summed E-state index contributed by atoms with van der Waals surface area (Å²) in [5.41, 5.74) is -0.0176. The second kappa shape index (κ2) is 10.2. The summed E-state index contributed by atoms with van der Waals surface area (Å²) in [7, 11) is 1.19. The number of rotatable bonds is 8. The van der Waals surface area contributed by atoms with Crippen LogP contribution in [-0.4, -0.2) is 36.4 Å². The van der Waals surface area contributed by atoms with Crippen molar-refractivity contribution < 1.29 is 24.0 Å². The molecular formula is C19H20ClN3O6S. The lowest BCUT2D eigenvalue weighted by atomic mass is 10.1. The minimum atomic E-state index is -0.714. The predicted molar refractivity (Wildman–Crippen MR) is 114 cm³/mol. The van der Waals surface area contributed by atoms with Crippen LogP contribution in [0, 0.1) is 17.0 Å². The summed E-state index contributed by atoms with van der Waals surface area (Å²) in [5.74, 6) is -1.77. The highest BCUT2D eigenvalue weighted by molar-refractivity contribution is 7.18. The number of methoxy groups -OCH3 is 1. The van der Waals surface area contributed by atoms with E-state index in [-0.39, 0.29) is 31.9 Å². The minimum absolute atomic E-state index is 0.0260. The molecule has 0 saturated heterocycles. The van der Waals surface area contributed by atoms with Crippen molar-refractivity contribution in [3.63, 3.8) is 0 Å². The summed E-state index contributed by atoms with van der Waals surface area (Å²) in [6.45, 7) is 4.06. The number of carbonyl (C=O) groups is 3. The fraction of sp³-hybridized carbons (Fsp3) is 0.316. The molecule has 1 aromatic heterocycles. The number of anilines is 1. The first kappa shape index (κ1) is 23.3. The van der Waals surface area contributed by atoms with Crippen molar-refractivity contribution in [2.45, 2.75) is 26.7 Å². The number of nitrogens with one attached hydrogen (secondary N) is 2. The number of carbonyl (C=O) groups excluding carboxylic acids is 3. The maximum atomic E-state index is 12.6. The van der Waals surface area contributed by atoms with Crippen LogP contribution < -0.4 is 10.6 Å². The zero-order valence-electron chi connectivity index (χ0n) is 16.5. The third-order valence-electron chi connectivity index (χ3n) is 4.19. The van der Waals surface area contributed by atoms with Gasteiger partial charge in [0.2, 0.25) is 0 Å². The molecule has 0 aliphatic carbocycles. The van der Waals surface area contributed by atoms with Crippen LogP contribution in [0.2, 0.25) is 5.02 Å². The van der Waals surface area contributed by atoms with E-state index in [1.54, 1.807) is 6.92 Å². The Balaban J connectivity index is 2.38. The Morgan fingerprint density at radius 1 is 1.27 bits per heavy atom. The number of nitro groups is 1. The van der Waals surface area contributed by atoms with E-state index in [1.165, 1.54) is 19.2 Å². The van der Waals surface area contributed by atoms with Crippen LogP contribution in [0.5, 0.6) is 0 Å². The molecule has 0 atom stereocenters. The van der Waals surface area contributed by atoms with Crippen LogP contribution >= 0.6 is 22.9 Å². The summed E-state index contributed by atoms with van der Waals surface area (Å²) in [4.78, 5) is 48.0. The molecule has 2 amide bonds. The number of unbranched alkanes of at least 4 members (excludes halogenated alkanes) is 1. The molecule has 9 nitrogen and oxygen atoms in total. The van der Waals surface area contributed by atoms with E-state index in [2.05, 4.69) is 10.6 Å². The molecular weight excluding hydrogens is 434 g/mol. The molecule has 0 aliphatic heterocycles. The van der Waals surface area contributed by atoms with Gasteiger partial charge in [0.15, 0.2) is 0 Å². The molecule has 0 bridgehead atoms. The number of nitro benzene ring substituents is 1. The van der Waals surface area contributed by atoms with Gasteiger partial charge in [-0.3, -0.25) is 19.7 Å². The summed E-state index contributed by atoms with van der Waals surface area (Å²) >= 11 is 6.70. The van der Waals surface area contributed by atoms with Gasteiger partial charge in [0, 0.05) is 18.2 Å². The third kappa shape index (κ3) is 5.14. The van der Waals surface area contributed by atoms with Crippen molar-refractivity contribution in [2.75, 3.05) is 19.0 Å². The number of benzene rings is 1. The molecule has 0 unspecified atom stereocenters. The van der Waals surface area contributed by atoms with Crippen molar-refractivity contribution >= 4 is 51.4 Å². The van der Waals surface area contributed by atoms with Gasteiger partial charge in [-0.25, -0.2) is 4.79 Å². The smallest absolute Gasteiger partial charge is 0.341 e. The number of halogens is 1. The standard InChI is InChI=1S/C19H20ClN3O6S/c1-4-5-8-21-17(25)15-10(2)14(19(26)29-3)18(30-15)22-16(24)11-6-7-12(20)13(9-11)23(27)28/h6-7,9H,4-5,8H2,1-3H3,(H,21,25)(H,22,24). The summed E-state index contributed by atoms with van der Waals surface area (Å²) in [5, 5.41) is 16.4. The summed E-state index contributed by atoms with van der Waals surface area (Å²) in [6, 6.07) is 3.59. The lowest BCUT2D eigenvalue weighted by Gasteiger charge is -2.06. The number of nitrogens with zero attached hydrogens (tertiary/aromatic N) is 1. The average Bonchev–Trinajstić information content (AvgIpc) is 3.03. The maximum Gasteiger partial charge on any atom is 0.341 e. The van der Waals surface area contributed by atoms with Crippen LogP contribution in [0.3, 0.4) is 0 Å². The zero-order chi connectivity index (χ0) is 22.4. The fourth-order valence-electron chi connectivity index (χ4n) is 2.59. The monoisotopic (exact) mass is 453 g/mol. The van der Waals surface area contributed by atoms with Gasteiger partial charge in [-0.15, -0.1) is 11.3 Å². The van der Waals surface area contributed by atoms with Crippen molar-refractivity contribution in [3.05, 3.63) is 54.9 Å². The molecule has 1 aromatic carbocycles. The van der Waals surface area contributed by atoms with Crippen molar-refractivity contribution in [1.29, 1.82) is 0 Å². The fourth-order valence-corrected chi connectivity index (χ4v) is 3.89. The molecule has 0 fully saturated rings. The van der Waals surface area contributed by atoms with E-state index in [0.29, 0.717) is 12.1 Å². The van der Waals surface area contributed by atoms with E-state index in [1.807, 2.05) is 6.92 Å². The first-order valence-corrected chi connectivity index (χ1v) is 10.2. The normalized spacial score (nSPS) is 10.4. The molecule has 2 N–H and O–H groups in total. The quantitative estimate of drug-likeness (QED) is 0.267. The highest BCUT2D eigenvalue weighted by Gasteiger charge is 2.27. The van der Waals surface area contributed by atoms with Gasteiger partial charge in [0.25, 0.3) is 17.5 Å². The van der Waals surface area contributed by atoms with Gasteiger partial charge in [-0.05, 0) is 31.0 Å². The number of thiophene rings is 1. The molecule has 2 aromatic rings. The van der Waals surface area contributed by atoms with Crippen LogP contribution in [0.4, 0.5) is 10.7 Å². The first-order valence-electron chi connectivity index (χ1n) is 8.96. The van der Waals surface area contributed by atoms with Crippen molar-refractivity contribution in [2.24, 2.45) is 0 Å². The molecule has 0 radical (unpaired) electrons. The summed E-state index contributed by atoms with van der Waals surface area (Å²) < 4.78 is 4.78. The van der Waals surface area contributed by atoms with Crippen LogP contribution in [0.15, 0.2) is 18.2 Å². The topological polar surface area (TPSA) is 128 Å². The third-order valence-corrected chi connectivity index (χ3v) is 5.72. The van der Waals surface area contributed by atoms with Gasteiger partial charge in [-0.1, -0.05) is 24.9 Å². The van der Waals surface area contributed by atoms with Crippen molar-refractivity contribution in [3.8, 4) is 0 Å². The van der Waals surface area contributed by atoms with Crippen LogP contribution in [0.25, 0.3) is 0 Å². The molecule has 2 rings (SSSR count). The number of amides is 2. The Morgan fingerprint density at radius 3 is 2.57 bits per heavy atom. The summed E-state index contributed by atoms with van der Waals surface area (Å²) in [6.07, 6.45) is 1.71. The molecule has 1 heterocycles. The molecule has 11 heteroatoms. The largest absolute Gasteiger partial charge is 0.465 e. The highest BCUT2D eigenvalue weighted by atomic mass is 35.5. The Hall–Kier alpha value is -2.98. The number of hydrogen-bond acceptors (Lipinski definition) is 7. The Bertz CT molecular complexity index is 1000. The number of ether oxygens (including phenoxy) is 1. The average molecular weight is 454 g/mol. The van der Waals surface area contributed by atoms with Gasteiger partial charge in [0.05, 0.1) is 22.5 Å². The second-order valence-corrected chi connectivity index (χ2v) is 7.67. The van der Waals surface area contributed by atoms with Crippen molar-refractivity contribution in [1.82, 2.24) is 5.32 Å². The highest BCUT2D eigenvalue weighted by Crippen LogP contribution is 2.34. The van der Waals surface area contributed by atoms with E-state index in [9.17, 15) is 24.5 Å². The lowest BCUT2D eigenvalue weighted by Crippen LogP contribution is -2.24. The van der Waals surface area contributed by atoms with Gasteiger partial charge in [0.1, 0.15) is 10.0 Å². The van der Waals surface area contributed by atoms with Gasteiger partial charge in [-0.2, -0.15) is 0 Å². The molecule has 0 spiro atoms. The lowest BCUT2D eigenvalue weighted by molar-refractivity contribution is -0.384. The SMILES string of the molecule is CCCCNC(=O)c1sc(NC(=O)c2ccc(Cl)c([N+](=O)[O-])c2)c(C(=O)OC)c1C. The minimum Gasteiger partial charge on any atom is -0.465 e. The maximum absolute atomic E-state index is 12.6.